The van der Waals surface area contributed by atoms with E-state index in [4.69, 9.17) is 4.74 Å². The van der Waals surface area contributed by atoms with Crippen molar-refractivity contribution in [2.45, 2.75) is 45.7 Å². The zero-order chi connectivity index (χ0) is 10.0. The lowest BCUT2D eigenvalue weighted by atomic mass is 10.0. The van der Waals surface area contributed by atoms with Gasteiger partial charge in [-0.05, 0) is 26.3 Å². The molecule has 1 saturated heterocycles. The summed E-state index contributed by atoms with van der Waals surface area (Å²) < 4.78 is 17.7. The van der Waals surface area contributed by atoms with E-state index < -0.39 is 6.36 Å². The predicted octanol–water partition coefficient (Wildman–Crippen LogP) is 2.05. The Labute approximate surface area is 80.1 Å². The van der Waals surface area contributed by atoms with E-state index in [9.17, 15) is 4.39 Å². The second kappa shape index (κ2) is 4.38. The fraction of sp³-hybridized carbons (Fsp3) is 1.00. The molecule has 0 aromatic rings. The summed E-state index contributed by atoms with van der Waals surface area (Å²) in [7, 11) is 2.08. The van der Waals surface area contributed by atoms with Crippen molar-refractivity contribution < 1.29 is 9.13 Å². The average molecular weight is 189 g/mol. The monoisotopic (exact) mass is 189 g/mol. The molecule has 0 aromatic carbocycles. The molecule has 0 radical (unpaired) electrons. The molecule has 3 heteroatoms. The van der Waals surface area contributed by atoms with E-state index in [1.165, 1.54) is 6.92 Å². The van der Waals surface area contributed by atoms with Gasteiger partial charge in [0.2, 0.25) is 0 Å². The third-order valence-corrected chi connectivity index (χ3v) is 2.71. The van der Waals surface area contributed by atoms with Crippen molar-refractivity contribution >= 4 is 0 Å². The Morgan fingerprint density at radius 3 is 2.38 bits per heavy atom. The molecule has 0 spiro atoms. The van der Waals surface area contributed by atoms with Crippen LogP contribution in [-0.4, -0.2) is 37.0 Å². The number of likely N-dealkylation sites (tertiary alicyclic amines) is 1. The maximum absolute atomic E-state index is 12.6. The van der Waals surface area contributed by atoms with E-state index in [0.717, 1.165) is 13.0 Å². The van der Waals surface area contributed by atoms with Crippen LogP contribution >= 0.6 is 0 Å². The Hall–Kier alpha value is -0.150. The van der Waals surface area contributed by atoms with Crippen LogP contribution in [0.3, 0.4) is 0 Å². The molecular weight excluding hydrogens is 169 g/mol. The molecule has 0 aromatic heterocycles. The first-order valence-electron chi connectivity index (χ1n) is 5.00. The highest BCUT2D eigenvalue weighted by Gasteiger charge is 2.32. The van der Waals surface area contributed by atoms with Crippen LogP contribution in [0.5, 0.6) is 0 Å². The predicted molar refractivity (Wildman–Crippen MR) is 51.3 cm³/mol. The first kappa shape index (κ1) is 10.9. The molecule has 1 aliphatic heterocycles. The third-order valence-electron chi connectivity index (χ3n) is 2.71. The van der Waals surface area contributed by atoms with E-state index in [0.29, 0.717) is 12.0 Å². The molecule has 1 fully saturated rings. The third kappa shape index (κ3) is 2.92. The topological polar surface area (TPSA) is 12.5 Å². The lowest BCUT2D eigenvalue weighted by Crippen LogP contribution is -2.29. The Morgan fingerprint density at radius 1 is 1.38 bits per heavy atom. The molecule has 1 rings (SSSR count). The lowest BCUT2D eigenvalue weighted by molar-refractivity contribution is -0.0682. The van der Waals surface area contributed by atoms with Gasteiger partial charge in [-0.15, -0.1) is 0 Å². The van der Waals surface area contributed by atoms with Crippen LogP contribution in [0.25, 0.3) is 0 Å². The number of hydrogen-bond acceptors (Lipinski definition) is 2. The Bertz CT molecular complexity index is 161. The summed E-state index contributed by atoms with van der Waals surface area (Å²) in [5, 5.41) is 0. The minimum atomic E-state index is -1.13. The summed E-state index contributed by atoms with van der Waals surface area (Å²) in [6.45, 7) is 6.70. The van der Waals surface area contributed by atoms with Crippen molar-refractivity contribution in [2.75, 3.05) is 13.6 Å². The van der Waals surface area contributed by atoms with Crippen LogP contribution < -0.4 is 0 Å². The van der Waals surface area contributed by atoms with Crippen molar-refractivity contribution in [3.63, 3.8) is 0 Å². The number of alkyl halides is 1. The van der Waals surface area contributed by atoms with Gasteiger partial charge in [-0.1, -0.05) is 13.8 Å². The fourth-order valence-corrected chi connectivity index (χ4v) is 2.13. The van der Waals surface area contributed by atoms with E-state index in [1.807, 2.05) is 0 Å². The number of ether oxygens (including phenoxy) is 1. The van der Waals surface area contributed by atoms with Gasteiger partial charge in [-0.25, -0.2) is 4.39 Å². The van der Waals surface area contributed by atoms with Crippen LogP contribution in [-0.2, 0) is 4.74 Å². The Balaban J connectivity index is 2.40. The second-order valence-electron chi connectivity index (χ2n) is 4.29. The number of halogens is 1. The molecule has 0 amide bonds. The molecule has 0 aliphatic carbocycles. The first-order chi connectivity index (χ1) is 6.00. The Kier molecular flexibility index (Phi) is 3.68. The summed E-state index contributed by atoms with van der Waals surface area (Å²) in [6.07, 6.45) is -0.0932. The van der Waals surface area contributed by atoms with Gasteiger partial charge >= 0.3 is 0 Å². The highest BCUT2D eigenvalue weighted by Crippen LogP contribution is 2.25. The highest BCUT2D eigenvalue weighted by atomic mass is 19.1. The minimum absolute atomic E-state index is 0.0809. The van der Waals surface area contributed by atoms with Crippen LogP contribution in [0.4, 0.5) is 4.39 Å². The molecule has 78 valence electrons. The smallest absolute Gasteiger partial charge is 0.196 e. The number of likely N-dealkylation sites (N-methyl/N-ethyl adjacent to an activating group) is 1. The summed E-state index contributed by atoms with van der Waals surface area (Å²) in [4.78, 5) is 2.26. The van der Waals surface area contributed by atoms with Crippen molar-refractivity contribution in [1.29, 1.82) is 0 Å². The van der Waals surface area contributed by atoms with E-state index in [2.05, 4.69) is 25.8 Å². The lowest BCUT2D eigenvalue weighted by Gasteiger charge is -2.22. The van der Waals surface area contributed by atoms with Gasteiger partial charge in [0, 0.05) is 12.6 Å². The zero-order valence-corrected chi connectivity index (χ0v) is 8.96. The van der Waals surface area contributed by atoms with Crippen LogP contribution in [0.1, 0.15) is 27.2 Å². The molecule has 3 atom stereocenters. The van der Waals surface area contributed by atoms with Crippen LogP contribution in [0, 0.1) is 5.92 Å². The summed E-state index contributed by atoms with van der Waals surface area (Å²) in [5.41, 5.74) is 0. The van der Waals surface area contributed by atoms with Crippen LogP contribution in [0.2, 0.25) is 0 Å². The minimum Gasteiger partial charge on any atom is -0.344 e. The maximum atomic E-state index is 12.6. The van der Waals surface area contributed by atoms with Gasteiger partial charge in [0.15, 0.2) is 6.36 Å². The SMILES string of the molecule is CC(F)OC1CC(C(C)C)N(C)C1. The van der Waals surface area contributed by atoms with Gasteiger partial charge in [0.1, 0.15) is 0 Å². The molecular formula is C10H20FNO. The molecule has 1 heterocycles. The number of rotatable bonds is 3. The molecule has 13 heavy (non-hydrogen) atoms. The second-order valence-corrected chi connectivity index (χ2v) is 4.29. The van der Waals surface area contributed by atoms with Gasteiger partial charge < -0.3 is 9.64 Å². The first-order valence-corrected chi connectivity index (χ1v) is 5.00. The summed E-state index contributed by atoms with van der Waals surface area (Å²) in [5.74, 6) is 0.619. The maximum Gasteiger partial charge on any atom is 0.196 e. The van der Waals surface area contributed by atoms with Crippen LogP contribution in [0.15, 0.2) is 0 Å². The Morgan fingerprint density at radius 2 is 2.00 bits per heavy atom. The summed E-state index contributed by atoms with van der Waals surface area (Å²) >= 11 is 0. The van der Waals surface area contributed by atoms with Crippen molar-refractivity contribution in [3.05, 3.63) is 0 Å². The fourth-order valence-electron chi connectivity index (χ4n) is 2.13. The van der Waals surface area contributed by atoms with Gasteiger partial charge in [0.05, 0.1) is 6.10 Å². The van der Waals surface area contributed by atoms with Gasteiger partial charge in [-0.2, -0.15) is 0 Å². The zero-order valence-electron chi connectivity index (χ0n) is 8.96. The van der Waals surface area contributed by atoms with E-state index in [1.54, 1.807) is 0 Å². The normalized spacial score (nSPS) is 32.8. The summed E-state index contributed by atoms with van der Waals surface area (Å²) in [6, 6.07) is 0.545. The van der Waals surface area contributed by atoms with Crippen molar-refractivity contribution in [3.8, 4) is 0 Å². The number of nitrogens with zero attached hydrogens (tertiary/aromatic N) is 1. The molecule has 0 bridgehead atoms. The standard InChI is InChI=1S/C10H20FNO/c1-7(2)10-5-9(6-12(10)4)13-8(3)11/h7-10H,5-6H2,1-4H3. The molecule has 0 N–H and O–H groups in total. The largest absolute Gasteiger partial charge is 0.344 e. The molecule has 2 nitrogen and oxygen atoms in total. The highest BCUT2D eigenvalue weighted by molar-refractivity contribution is 4.85. The van der Waals surface area contributed by atoms with Crippen molar-refractivity contribution in [1.82, 2.24) is 4.90 Å². The quantitative estimate of drug-likeness (QED) is 0.673. The van der Waals surface area contributed by atoms with Gasteiger partial charge in [-0.3, -0.25) is 0 Å². The average Bonchev–Trinajstić information content (AvgIpc) is 2.29. The van der Waals surface area contributed by atoms with E-state index >= 15 is 0 Å². The molecule has 0 saturated carbocycles. The molecule has 1 aliphatic rings. The van der Waals surface area contributed by atoms with Crippen molar-refractivity contribution in [2.24, 2.45) is 5.92 Å². The van der Waals surface area contributed by atoms with Gasteiger partial charge in [0.25, 0.3) is 0 Å². The number of hydrogen-bond donors (Lipinski definition) is 0. The molecule has 3 unspecified atom stereocenters. The van der Waals surface area contributed by atoms with E-state index in [-0.39, 0.29) is 6.10 Å².